The van der Waals surface area contributed by atoms with Crippen molar-refractivity contribution in [1.82, 2.24) is 9.47 Å². The molecule has 1 aromatic heterocycles. The van der Waals surface area contributed by atoms with Gasteiger partial charge in [-0.3, -0.25) is 14.5 Å². The topological polar surface area (TPSA) is 51.5 Å². The summed E-state index contributed by atoms with van der Waals surface area (Å²) in [4.78, 5) is 26.2. The molecule has 32 heavy (non-hydrogen) atoms. The van der Waals surface area contributed by atoms with E-state index in [-0.39, 0.29) is 11.1 Å². The molecule has 0 saturated carbocycles. The monoisotopic (exact) mass is 510 g/mol. The Morgan fingerprint density at radius 2 is 1.72 bits per heavy atom. The van der Waals surface area contributed by atoms with Crippen LogP contribution in [0, 0.1) is 13.8 Å². The molecule has 1 saturated heterocycles. The summed E-state index contributed by atoms with van der Waals surface area (Å²) < 4.78 is 9.09. The van der Waals surface area contributed by atoms with Crippen LogP contribution in [0.1, 0.15) is 29.4 Å². The first kappa shape index (κ1) is 22.4. The molecule has 3 aromatic rings. The third-order valence-electron chi connectivity index (χ3n) is 5.36. The van der Waals surface area contributed by atoms with Crippen LogP contribution in [0.5, 0.6) is 5.75 Å². The van der Waals surface area contributed by atoms with Gasteiger partial charge in [0.25, 0.3) is 11.1 Å². The molecule has 0 radical (unpaired) electrons. The smallest absolute Gasteiger partial charge is 0.293 e. The Morgan fingerprint density at radius 3 is 2.34 bits per heavy atom. The van der Waals surface area contributed by atoms with Gasteiger partial charge in [0, 0.05) is 28.1 Å². The number of benzene rings is 2. The van der Waals surface area contributed by atoms with E-state index in [9.17, 15) is 9.59 Å². The van der Waals surface area contributed by atoms with Crippen LogP contribution in [0.4, 0.5) is 4.79 Å². The quantitative estimate of drug-likeness (QED) is 0.355. The molecule has 1 aliphatic heterocycles. The molecule has 4 rings (SSSR count). The highest BCUT2D eigenvalue weighted by Gasteiger charge is 2.33. The molecule has 2 heterocycles. The summed E-state index contributed by atoms with van der Waals surface area (Å²) in [6, 6.07) is 18.0. The number of aryl methyl sites for hydroxylation is 1. The summed E-state index contributed by atoms with van der Waals surface area (Å²) in [6.45, 7) is 6.74. The zero-order valence-electron chi connectivity index (χ0n) is 18.1. The maximum absolute atomic E-state index is 12.4. The zero-order chi connectivity index (χ0) is 22.8. The van der Waals surface area contributed by atoms with E-state index in [2.05, 4.69) is 20.5 Å². The standard InChI is InChI=1S/C25H23BrN2O3S/c1-4-27-24(29)23(32-25(27)30)14-19-13-16(2)28(17(19)3)21-9-11-22(12-10-21)31-15-18-5-7-20(26)8-6-18/h5-14H,4,15H2,1-3H3/b23-14+. The van der Waals surface area contributed by atoms with Crippen molar-refractivity contribution in [3.63, 3.8) is 0 Å². The van der Waals surface area contributed by atoms with Gasteiger partial charge in [0.15, 0.2) is 0 Å². The summed E-state index contributed by atoms with van der Waals surface area (Å²) in [5.74, 6) is 0.576. The lowest BCUT2D eigenvalue weighted by atomic mass is 10.2. The maximum Gasteiger partial charge on any atom is 0.293 e. The van der Waals surface area contributed by atoms with Gasteiger partial charge in [0.1, 0.15) is 12.4 Å². The molecule has 0 spiro atoms. The van der Waals surface area contributed by atoms with Crippen LogP contribution >= 0.6 is 27.7 Å². The van der Waals surface area contributed by atoms with E-state index < -0.39 is 0 Å². The number of nitrogens with zero attached hydrogens (tertiary/aromatic N) is 2. The minimum Gasteiger partial charge on any atom is -0.489 e. The van der Waals surface area contributed by atoms with Crippen molar-refractivity contribution < 1.29 is 14.3 Å². The Balaban J connectivity index is 1.52. The lowest BCUT2D eigenvalue weighted by Crippen LogP contribution is -2.27. The number of rotatable bonds is 6. The number of thioether (sulfide) groups is 1. The Hall–Kier alpha value is -2.77. The van der Waals surface area contributed by atoms with Crippen LogP contribution < -0.4 is 4.74 Å². The Bertz CT molecular complexity index is 1200. The van der Waals surface area contributed by atoms with Crippen molar-refractivity contribution >= 4 is 44.9 Å². The van der Waals surface area contributed by atoms with Crippen molar-refractivity contribution in [2.24, 2.45) is 0 Å². The summed E-state index contributed by atoms with van der Waals surface area (Å²) in [5.41, 5.74) is 5.10. The Kier molecular flexibility index (Phi) is 6.58. The second kappa shape index (κ2) is 9.38. The molecule has 164 valence electrons. The van der Waals surface area contributed by atoms with Crippen LogP contribution in [0.25, 0.3) is 11.8 Å². The van der Waals surface area contributed by atoms with E-state index in [1.807, 2.05) is 74.5 Å². The molecule has 0 unspecified atom stereocenters. The van der Waals surface area contributed by atoms with Gasteiger partial charge in [0.05, 0.1) is 4.91 Å². The maximum atomic E-state index is 12.4. The van der Waals surface area contributed by atoms with Crippen molar-refractivity contribution in [1.29, 1.82) is 0 Å². The van der Waals surface area contributed by atoms with Crippen LogP contribution in [0.15, 0.2) is 64.0 Å². The van der Waals surface area contributed by atoms with E-state index in [4.69, 9.17) is 4.74 Å². The molecule has 5 nitrogen and oxygen atoms in total. The number of hydrogen-bond donors (Lipinski definition) is 0. The summed E-state index contributed by atoms with van der Waals surface area (Å²) in [6.07, 6.45) is 1.81. The summed E-state index contributed by atoms with van der Waals surface area (Å²) in [5, 5.41) is -0.212. The largest absolute Gasteiger partial charge is 0.489 e. The first-order valence-corrected chi connectivity index (χ1v) is 11.9. The van der Waals surface area contributed by atoms with Gasteiger partial charge in [-0.1, -0.05) is 28.1 Å². The van der Waals surface area contributed by atoms with Gasteiger partial charge in [-0.15, -0.1) is 0 Å². The normalized spacial score (nSPS) is 15.1. The highest BCUT2D eigenvalue weighted by molar-refractivity contribution is 9.10. The number of aromatic nitrogens is 1. The van der Waals surface area contributed by atoms with Crippen molar-refractivity contribution in [2.45, 2.75) is 27.4 Å². The lowest BCUT2D eigenvalue weighted by molar-refractivity contribution is -0.122. The van der Waals surface area contributed by atoms with Crippen LogP contribution in [0.2, 0.25) is 0 Å². The van der Waals surface area contributed by atoms with Crippen molar-refractivity contribution in [2.75, 3.05) is 6.54 Å². The number of amides is 2. The van der Waals surface area contributed by atoms with Gasteiger partial charge in [0.2, 0.25) is 0 Å². The Morgan fingerprint density at radius 1 is 1.03 bits per heavy atom. The molecule has 7 heteroatoms. The molecule has 0 bridgehead atoms. The van der Waals surface area contributed by atoms with Gasteiger partial charge in [-0.05, 0) is 92.2 Å². The number of ether oxygens (including phenoxy) is 1. The lowest BCUT2D eigenvalue weighted by Gasteiger charge is -2.12. The molecule has 2 amide bonds. The number of hydrogen-bond acceptors (Lipinski definition) is 4. The minimum atomic E-state index is -0.223. The fraction of sp³-hybridized carbons (Fsp3) is 0.200. The second-order valence-electron chi connectivity index (χ2n) is 7.50. The number of imide groups is 1. The molecular formula is C25H23BrN2O3S. The first-order chi connectivity index (χ1) is 15.4. The van der Waals surface area contributed by atoms with E-state index >= 15 is 0 Å². The highest BCUT2D eigenvalue weighted by Crippen LogP contribution is 2.33. The number of carbonyl (C=O) groups is 2. The van der Waals surface area contributed by atoms with Crippen LogP contribution in [-0.2, 0) is 11.4 Å². The first-order valence-electron chi connectivity index (χ1n) is 10.3. The Labute approximate surface area is 200 Å². The fourth-order valence-corrected chi connectivity index (χ4v) is 4.84. The minimum absolute atomic E-state index is 0.212. The number of likely N-dealkylation sites (N-methyl/N-ethyl adjacent to an activating group) is 1. The van der Waals surface area contributed by atoms with Gasteiger partial charge < -0.3 is 9.30 Å². The predicted molar refractivity (Wildman–Crippen MR) is 132 cm³/mol. The van der Waals surface area contributed by atoms with E-state index in [1.165, 1.54) is 4.90 Å². The molecule has 0 N–H and O–H groups in total. The average molecular weight is 511 g/mol. The fourth-order valence-electron chi connectivity index (χ4n) is 3.68. The summed E-state index contributed by atoms with van der Waals surface area (Å²) in [7, 11) is 0. The molecule has 1 fully saturated rings. The van der Waals surface area contributed by atoms with Crippen molar-refractivity contribution in [3.8, 4) is 11.4 Å². The molecule has 0 aliphatic carbocycles. The molecule has 1 aliphatic rings. The third kappa shape index (κ3) is 4.54. The number of carbonyl (C=O) groups excluding carboxylic acids is 2. The highest BCUT2D eigenvalue weighted by atomic mass is 79.9. The van der Waals surface area contributed by atoms with Gasteiger partial charge in [-0.25, -0.2) is 0 Å². The summed E-state index contributed by atoms with van der Waals surface area (Å²) >= 11 is 4.44. The van der Waals surface area contributed by atoms with Gasteiger partial charge in [-0.2, -0.15) is 0 Å². The van der Waals surface area contributed by atoms with E-state index in [1.54, 1.807) is 6.92 Å². The van der Waals surface area contributed by atoms with Crippen LogP contribution in [0.3, 0.4) is 0 Å². The molecular weight excluding hydrogens is 488 g/mol. The van der Waals surface area contributed by atoms with E-state index in [0.29, 0.717) is 18.1 Å². The SMILES string of the molecule is CCN1C(=O)S/C(=C/c2cc(C)n(-c3ccc(OCc4ccc(Br)cc4)cc3)c2C)C1=O. The van der Waals surface area contributed by atoms with Crippen molar-refractivity contribution in [3.05, 3.63) is 86.5 Å². The zero-order valence-corrected chi connectivity index (χ0v) is 20.5. The predicted octanol–water partition coefficient (Wildman–Crippen LogP) is 6.49. The van der Waals surface area contributed by atoms with Gasteiger partial charge >= 0.3 is 0 Å². The second-order valence-corrected chi connectivity index (χ2v) is 9.41. The number of halogens is 1. The molecule has 0 atom stereocenters. The average Bonchev–Trinajstić information content (AvgIpc) is 3.21. The van der Waals surface area contributed by atoms with E-state index in [0.717, 1.165) is 50.2 Å². The molecule has 2 aromatic carbocycles. The van der Waals surface area contributed by atoms with Crippen LogP contribution in [-0.4, -0.2) is 27.2 Å². The third-order valence-corrected chi connectivity index (χ3v) is 6.80.